The van der Waals surface area contributed by atoms with Crippen LogP contribution in [0.5, 0.6) is 0 Å². The molecule has 2 rings (SSSR count). The fraction of sp³-hybridized carbons (Fsp3) is 0.357. The number of rotatable bonds is 4. The molecule has 1 aromatic carbocycles. The predicted molar refractivity (Wildman–Crippen MR) is 78.6 cm³/mol. The second-order valence-corrected chi connectivity index (χ2v) is 5.32. The Kier molecular flexibility index (Phi) is 4.24. The summed E-state index contributed by atoms with van der Waals surface area (Å²) in [5, 5.41) is 4.47. The highest BCUT2D eigenvalue weighted by Crippen LogP contribution is 2.22. The van der Waals surface area contributed by atoms with Crippen molar-refractivity contribution in [3.8, 4) is 0 Å². The van der Waals surface area contributed by atoms with E-state index >= 15 is 0 Å². The molecule has 0 aliphatic rings. The number of nitrogen functional groups attached to an aromatic ring is 1. The Balaban J connectivity index is 2.40. The van der Waals surface area contributed by atoms with Crippen molar-refractivity contribution in [3.05, 3.63) is 45.4 Å². The summed E-state index contributed by atoms with van der Waals surface area (Å²) in [6, 6.07) is 4.92. The van der Waals surface area contributed by atoms with Gasteiger partial charge in [0.2, 0.25) is 0 Å². The van der Waals surface area contributed by atoms with Crippen molar-refractivity contribution in [2.24, 2.45) is 0 Å². The standard InChI is InChI=1S/C14H17BrFN3/c1-3-12-14(17)13(4-2)19(18-12)8-9-7-10(15)5-6-11(9)16/h5-7H,3-4,8,17H2,1-2H3. The van der Waals surface area contributed by atoms with Gasteiger partial charge in [-0.2, -0.15) is 5.10 Å². The van der Waals surface area contributed by atoms with Gasteiger partial charge in [0, 0.05) is 10.0 Å². The van der Waals surface area contributed by atoms with Gasteiger partial charge in [-0.25, -0.2) is 4.39 Å². The number of halogens is 2. The molecule has 0 atom stereocenters. The molecule has 3 nitrogen and oxygen atoms in total. The van der Waals surface area contributed by atoms with Crippen LogP contribution in [0.4, 0.5) is 10.1 Å². The molecule has 102 valence electrons. The van der Waals surface area contributed by atoms with Crippen molar-refractivity contribution in [3.63, 3.8) is 0 Å². The molecule has 0 saturated carbocycles. The summed E-state index contributed by atoms with van der Waals surface area (Å²) in [5.41, 5.74) is 9.25. The fourth-order valence-electron chi connectivity index (χ4n) is 2.16. The number of nitrogens with two attached hydrogens (primary N) is 1. The van der Waals surface area contributed by atoms with Gasteiger partial charge in [-0.15, -0.1) is 0 Å². The minimum atomic E-state index is -0.225. The molecule has 0 fully saturated rings. The second-order valence-electron chi connectivity index (χ2n) is 4.41. The van der Waals surface area contributed by atoms with Crippen LogP contribution >= 0.6 is 15.9 Å². The monoisotopic (exact) mass is 325 g/mol. The summed E-state index contributed by atoms with van der Waals surface area (Å²) in [6.07, 6.45) is 1.57. The van der Waals surface area contributed by atoms with E-state index in [0.717, 1.165) is 34.4 Å². The SMILES string of the molecule is CCc1nn(Cc2cc(Br)ccc2F)c(CC)c1N. The molecule has 0 spiro atoms. The number of aryl methyl sites for hydroxylation is 1. The molecule has 2 aromatic rings. The van der Waals surface area contributed by atoms with E-state index in [1.165, 1.54) is 6.07 Å². The Labute approximate surface area is 120 Å². The molecule has 5 heteroatoms. The summed E-state index contributed by atoms with van der Waals surface area (Å²) in [4.78, 5) is 0. The van der Waals surface area contributed by atoms with E-state index in [2.05, 4.69) is 21.0 Å². The average molecular weight is 326 g/mol. The average Bonchev–Trinajstić information content (AvgIpc) is 2.69. The predicted octanol–water partition coefficient (Wildman–Crippen LogP) is 3.54. The third-order valence-corrected chi connectivity index (χ3v) is 3.67. The zero-order valence-electron chi connectivity index (χ0n) is 11.1. The van der Waals surface area contributed by atoms with Crippen LogP contribution in [0.3, 0.4) is 0 Å². The van der Waals surface area contributed by atoms with Crippen LogP contribution in [-0.4, -0.2) is 9.78 Å². The maximum atomic E-state index is 13.8. The normalized spacial score (nSPS) is 10.9. The molecule has 19 heavy (non-hydrogen) atoms. The quantitative estimate of drug-likeness (QED) is 0.934. The number of hydrogen-bond donors (Lipinski definition) is 1. The van der Waals surface area contributed by atoms with Gasteiger partial charge in [-0.3, -0.25) is 4.68 Å². The lowest BCUT2D eigenvalue weighted by Gasteiger charge is -2.08. The summed E-state index contributed by atoms with van der Waals surface area (Å²) in [6.45, 7) is 4.45. The topological polar surface area (TPSA) is 43.8 Å². The molecule has 0 amide bonds. The highest BCUT2D eigenvalue weighted by molar-refractivity contribution is 9.10. The Bertz CT molecular complexity index is 593. The summed E-state index contributed by atoms with van der Waals surface area (Å²) >= 11 is 3.36. The minimum absolute atomic E-state index is 0.225. The molecular formula is C14H17BrFN3. The van der Waals surface area contributed by atoms with Gasteiger partial charge in [0.25, 0.3) is 0 Å². The number of nitrogens with zero attached hydrogens (tertiary/aromatic N) is 2. The first-order valence-corrected chi connectivity index (χ1v) is 7.14. The first-order chi connectivity index (χ1) is 9.06. The fourth-order valence-corrected chi connectivity index (χ4v) is 2.56. The van der Waals surface area contributed by atoms with E-state index in [4.69, 9.17) is 5.73 Å². The van der Waals surface area contributed by atoms with E-state index in [-0.39, 0.29) is 5.82 Å². The maximum Gasteiger partial charge on any atom is 0.128 e. The van der Waals surface area contributed by atoms with Crippen molar-refractivity contribution >= 4 is 21.6 Å². The van der Waals surface area contributed by atoms with Gasteiger partial charge < -0.3 is 5.73 Å². The summed E-state index contributed by atoms with van der Waals surface area (Å²) in [7, 11) is 0. The van der Waals surface area contributed by atoms with Crippen LogP contribution in [0.25, 0.3) is 0 Å². The molecule has 0 aliphatic heterocycles. The van der Waals surface area contributed by atoms with Crippen LogP contribution in [-0.2, 0) is 19.4 Å². The zero-order valence-corrected chi connectivity index (χ0v) is 12.7. The van der Waals surface area contributed by atoms with Crippen molar-refractivity contribution in [2.45, 2.75) is 33.2 Å². The van der Waals surface area contributed by atoms with Crippen molar-refractivity contribution < 1.29 is 4.39 Å². The highest BCUT2D eigenvalue weighted by Gasteiger charge is 2.14. The number of aromatic nitrogens is 2. The van der Waals surface area contributed by atoms with E-state index in [1.807, 2.05) is 13.8 Å². The van der Waals surface area contributed by atoms with Gasteiger partial charge in [0.1, 0.15) is 5.82 Å². The number of anilines is 1. The second kappa shape index (κ2) is 5.74. The summed E-state index contributed by atoms with van der Waals surface area (Å²) in [5.74, 6) is -0.225. The lowest BCUT2D eigenvalue weighted by atomic mass is 10.2. The highest BCUT2D eigenvalue weighted by atomic mass is 79.9. The molecule has 0 aliphatic carbocycles. The third kappa shape index (κ3) is 2.81. The minimum Gasteiger partial charge on any atom is -0.396 e. The van der Waals surface area contributed by atoms with E-state index in [0.29, 0.717) is 12.1 Å². The zero-order chi connectivity index (χ0) is 14.0. The van der Waals surface area contributed by atoms with Crippen molar-refractivity contribution in [2.75, 3.05) is 5.73 Å². The van der Waals surface area contributed by atoms with Crippen LogP contribution in [0.15, 0.2) is 22.7 Å². The van der Waals surface area contributed by atoms with Crippen LogP contribution in [0, 0.1) is 5.82 Å². The van der Waals surface area contributed by atoms with Crippen molar-refractivity contribution in [1.29, 1.82) is 0 Å². The Hall–Kier alpha value is -1.36. The van der Waals surface area contributed by atoms with Gasteiger partial charge in [-0.05, 0) is 31.0 Å². The number of hydrogen-bond acceptors (Lipinski definition) is 2. The molecule has 0 radical (unpaired) electrons. The first-order valence-electron chi connectivity index (χ1n) is 6.34. The first kappa shape index (κ1) is 14.1. The summed E-state index contributed by atoms with van der Waals surface area (Å²) < 4.78 is 16.5. The lowest BCUT2D eigenvalue weighted by molar-refractivity contribution is 0.573. The van der Waals surface area contributed by atoms with E-state index in [1.54, 1.807) is 16.8 Å². The Morgan fingerprint density at radius 2 is 2.05 bits per heavy atom. The molecule has 2 N–H and O–H groups in total. The molecule has 1 aromatic heterocycles. The van der Waals surface area contributed by atoms with Crippen LogP contribution in [0.1, 0.15) is 30.8 Å². The number of benzene rings is 1. The van der Waals surface area contributed by atoms with Crippen LogP contribution < -0.4 is 5.73 Å². The molecule has 0 bridgehead atoms. The smallest absolute Gasteiger partial charge is 0.128 e. The Morgan fingerprint density at radius 1 is 1.32 bits per heavy atom. The third-order valence-electron chi connectivity index (χ3n) is 3.17. The maximum absolute atomic E-state index is 13.8. The van der Waals surface area contributed by atoms with Gasteiger partial charge in [0.05, 0.1) is 23.6 Å². The molecule has 0 unspecified atom stereocenters. The molecule has 1 heterocycles. The van der Waals surface area contributed by atoms with Crippen LogP contribution in [0.2, 0.25) is 0 Å². The molecular weight excluding hydrogens is 309 g/mol. The largest absolute Gasteiger partial charge is 0.396 e. The Morgan fingerprint density at radius 3 is 2.68 bits per heavy atom. The van der Waals surface area contributed by atoms with Gasteiger partial charge in [-0.1, -0.05) is 29.8 Å². The van der Waals surface area contributed by atoms with Crippen molar-refractivity contribution in [1.82, 2.24) is 9.78 Å². The molecule has 0 saturated heterocycles. The van der Waals surface area contributed by atoms with E-state index < -0.39 is 0 Å². The van der Waals surface area contributed by atoms with Gasteiger partial charge in [0.15, 0.2) is 0 Å². The van der Waals surface area contributed by atoms with Gasteiger partial charge >= 0.3 is 0 Å². The lowest BCUT2D eigenvalue weighted by Crippen LogP contribution is -2.08. The van der Waals surface area contributed by atoms with E-state index in [9.17, 15) is 4.39 Å².